The van der Waals surface area contributed by atoms with Crippen molar-refractivity contribution in [2.75, 3.05) is 13.1 Å². The summed E-state index contributed by atoms with van der Waals surface area (Å²) in [5, 5.41) is 15.3. The Morgan fingerprint density at radius 1 is 0.375 bits per heavy atom. The number of rotatable bonds is 0. The molecule has 0 radical (unpaired) electrons. The van der Waals surface area contributed by atoms with Crippen LogP contribution >= 0.6 is 0 Å². The largest absolute Gasteiger partial charge is 0.167 e. The topological polar surface area (TPSA) is 49.4 Å². The fourth-order valence-electron chi connectivity index (χ4n) is 1.93. The van der Waals surface area contributed by atoms with Gasteiger partial charge in [-0.05, 0) is 23.3 Å². The monoisotopic (exact) mass is 224 g/mol. The van der Waals surface area contributed by atoms with Gasteiger partial charge in [0.2, 0.25) is 0 Å². The first-order chi connectivity index (χ1) is 8.00. The second kappa shape index (κ2) is 10.7. The van der Waals surface area contributed by atoms with Gasteiger partial charge >= 0.3 is 0 Å². The van der Waals surface area contributed by atoms with Crippen molar-refractivity contribution in [2.24, 2.45) is 20.7 Å². The lowest BCUT2D eigenvalue weighted by molar-refractivity contribution is 0.548. The maximum absolute atomic E-state index is 3.97. The Morgan fingerprint density at radius 2 is 0.688 bits per heavy atom. The highest BCUT2D eigenvalue weighted by Crippen LogP contribution is 2.11. The average molecular weight is 224 g/mol. The van der Waals surface area contributed by atoms with Gasteiger partial charge in [0.1, 0.15) is 0 Å². The van der Waals surface area contributed by atoms with E-state index in [1.165, 1.54) is 51.4 Å². The molecule has 1 rings (SSSR count). The number of nitrogens with zero attached hydrogens (tertiary/aromatic N) is 4. The Balaban J connectivity index is 2.15. The molecule has 0 aromatic rings. The fourth-order valence-corrected chi connectivity index (χ4v) is 1.93. The minimum atomic E-state index is 0.805. The van der Waals surface area contributed by atoms with Crippen LogP contribution in [0.3, 0.4) is 0 Å². The minimum Gasteiger partial charge on any atom is -0.167 e. The van der Waals surface area contributed by atoms with E-state index in [-0.39, 0.29) is 0 Å². The van der Waals surface area contributed by atoms with Crippen LogP contribution in [0, 0.1) is 0 Å². The first-order valence-corrected chi connectivity index (χ1v) is 6.73. The molecule has 16 heavy (non-hydrogen) atoms. The zero-order chi connectivity index (χ0) is 11.3. The Kier molecular flexibility index (Phi) is 8.88. The Bertz CT molecular complexity index is 179. The predicted molar refractivity (Wildman–Crippen MR) is 65.6 cm³/mol. The highest BCUT2D eigenvalue weighted by atomic mass is 15.5. The number of hydrogen-bond donors (Lipinski definition) is 0. The van der Waals surface area contributed by atoms with Gasteiger partial charge in [0.05, 0.1) is 13.1 Å². The maximum atomic E-state index is 3.97. The third kappa shape index (κ3) is 8.50. The molecule has 92 valence electrons. The van der Waals surface area contributed by atoms with Gasteiger partial charge in [0.25, 0.3) is 0 Å². The van der Waals surface area contributed by atoms with Crippen molar-refractivity contribution in [2.45, 2.75) is 64.2 Å². The third-order valence-electron chi connectivity index (χ3n) is 2.93. The quantitative estimate of drug-likeness (QED) is 0.571. The minimum absolute atomic E-state index is 0.805. The Morgan fingerprint density at radius 3 is 1.06 bits per heavy atom. The molecule has 1 heterocycles. The molecule has 0 spiro atoms. The van der Waals surface area contributed by atoms with Crippen LogP contribution in [-0.4, -0.2) is 13.1 Å². The summed E-state index contributed by atoms with van der Waals surface area (Å²) in [5.41, 5.74) is 0. The van der Waals surface area contributed by atoms with Gasteiger partial charge in [-0.3, -0.25) is 0 Å². The van der Waals surface area contributed by atoms with E-state index >= 15 is 0 Å². The van der Waals surface area contributed by atoms with Crippen LogP contribution in [0.1, 0.15) is 64.2 Å². The van der Waals surface area contributed by atoms with Crippen LogP contribution in [0.5, 0.6) is 0 Å². The maximum Gasteiger partial charge on any atom is 0.0621 e. The lowest BCUT2D eigenvalue weighted by Crippen LogP contribution is -1.85. The standard InChI is InChI=1S/C12H24N4/c1-2-4-6-8-10-12-14-16-15-13-11-9-7-5-3-1/h1-12H2/b15-13+,16-14+. The van der Waals surface area contributed by atoms with Crippen molar-refractivity contribution >= 4 is 0 Å². The smallest absolute Gasteiger partial charge is 0.0621 e. The normalized spacial score (nSPS) is 26.0. The molecule has 0 N–H and O–H groups in total. The van der Waals surface area contributed by atoms with Crippen molar-refractivity contribution in [3.8, 4) is 0 Å². The molecule has 0 unspecified atom stereocenters. The van der Waals surface area contributed by atoms with Crippen LogP contribution in [0.4, 0.5) is 0 Å². The highest BCUT2D eigenvalue weighted by molar-refractivity contribution is 4.50. The van der Waals surface area contributed by atoms with Crippen LogP contribution in [-0.2, 0) is 0 Å². The zero-order valence-corrected chi connectivity index (χ0v) is 10.3. The molecule has 1 aliphatic rings. The SMILES string of the molecule is C1CCCCCC/N=N/N=N/CCCCC1. The first kappa shape index (κ1) is 13.3. The molecule has 0 aromatic heterocycles. The molecular weight excluding hydrogens is 200 g/mol. The summed E-state index contributed by atoms with van der Waals surface area (Å²) in [7, 11) is 0. The van der Waals surface area contributed by atoms with Crippen molar-refractivity contribution in [3.63, 3.8) is 0 Å². The molecule has 0 fully saturated rings. The van der Waals surface area contributed by atoms with Gasteiger partial charge < -0.3 is 0 Å². The second-order valence-electron chi connectivity index (χ2n) is 4.44. The van der Waals surface area contributed by atoms with E-state index in [2.05, 4.69) is 20.7 Å². The highest BCUT2D eigenvalue weighted by Gasteiger charge is 1.93. The Labute approximate surface area is 98.6 Å². The predicted octanol–water partition coefficient (Wildman–Crippen LogP) is 4.72. The molecule has 0 bridgehead atoms. The van der Waals surface area contributed by atoms with E-state index in [0.29, 0.717) is 0 Å². The summed E-state index contributed by atoms with van der Waals surface area (Å²) in [5.74, 6) is 0. The summed E-state index contributed by atoms with van der Waals surface area (Å²) >= 11 is 0. The lowest BCUT2D eigenvalue weighted by Gasteiger charge is -2.01. The summed E-state index contributed by atoms with van der Waals surface area (Å²) < 4.78 is 0. The summed E-state index contributed by atoms with van der Waals surface area (Å²) in [6.45, 7) is 1.61. The van der Waals surface area contributed by atoms with Crippen LogP contribution in [0.15, 0.2) is 20.7 Å². The van der Waals surface area contributed by atoms with Gasteiger partial charge in [-0.15, -0.1) is 0 Å². The van der Waals surface area contributed by atoms with Crippen molar-refractivity contribution in [1.82, 2.24) is 0 Å². The molecule has 0 aliphatic carbocycles. The van der Waals surface area contributed by atoms with E-state index in [1.807, 2.05) is 0 Å². The summed E-state index contributed by atoms with van der Waals surface area (Å²) in [4.78, 5) is 0. The van der Waals surface area contributed by atoms with Gasteiger partial charge in [-0.2, -0.15) is 10.2 Å². The molecule has 1 aliphatic heterocycles. The van der Waals surface area contributed by atoms with Gasteiger partial charge in [0.15, 0.2) is 0 Å². The van der Waals surface area contributed by atoms with Crippen LogP contribution in [0.25, 0.3) is 0 Å². The molecule has 0 aromatic carbocycles. The van der Waals surface area contributed by atoms with E-state index in [9.17, 15) is 0 Å². The van der Waals surface area contributed by atoms with Gasteiger partial charge in [0, 0.05) is 0 Å². The van der Waals surface area contributed by atoms with Crippen molar-refractivity contribution < 1.29 is 0 Å². The average Bonchev–Trinajstić information content (AvgIpc) is 2.29. The van der Waals surface area contributed by atoms with E-state index in [0.717, 1.165) is 25.9 Å². The summed E-state index contributed by atoms with van der Waals surface area (Å²) in [6, 6.07) is 0. The third-order valence-corrected chi connectivity index (χ3v) is 2.93. The molecule has 0 atom stereocenters. The first-order valence-electron chi connectivity index (χ1n) is 6.73. The molecular formula is C12H24N4. The van der Waals surface area contributed by atoms with Crippen LogP contribution in [0.2, 0.25) is 0 Å². The van der Waals surface area contributed by atoms with E-state index in [4.69, 9.17) is 0 Å². The van der Waals surface area contributed by atoms with Crippen LogP contribution < -0.4 is 0 Å². The van der Waals surface area contributed by atoms with Crippen molar-refractivity contribution in [3.05, 3.63) is 0 Å². The molecule has 4 heteroatoms. The van der Waals surface area contributed by atoms with Crippen molar-refractivity contribution in [1.29, 1.82) is 0 Å². The van der Waals surface area contributed by atoms with Gasteiger partial charge in [-0.1, -0.05) is 51.4 Å². The van der Waals surface area contributed by atoms with E-state index in [1.54, 1.807) is 0 Å². The molecule has 4 nitrogen and oxygen atoms in total. The number of hydrogen-bond acceptors (Lipinski definition) is 4. The van der Waals surface area contributed by atoms with Gasteiger partial charge in [-0.25, -0.2) is 0 Å². The fraction of sp³-hybridized carbons (Fsp3) is 1.00. The molecule has 0 amide bonds. The van der Waals surface area contributed by atoms with E-state index < -0.39 is 0 Å². The summed E-state index contributed by atoms with van der Waals surface area (Å²) in [6.07, 6.45) is 13.1. The lowest BCUT2D eigenvalue weighted by atomic mass is 10.1. The molecule has 0 saturated heterocycles. The Hall–Kier alpha value is -0.800. The molecule has 0 saturated carbocycles. The zero-order valence-electron chi connectivity index (χ0n) is 10.3. The second-order valence-corrected chi connectivity index (χ2v) is 4.44.